The van der Waals surface area contributed by atoms with Gasteiger partial charge in [0.2, 0.25) is 5.91 Å². The molecule has 1 aromatic carbocycles. The first kappa shape index (κ1) is 14.0. The van der Waals surface area contributed by atoms with E-state index in [9.17, 15) is 14.7 Å². The van der Waals surface area contributed by atoms with E-state index in [0.29, 0.717) is 18.5 Å². The van der Waals surface area contributed by atoms with E-state index < -0.39 is 5.97 Å². The Morgan fingerprint density at radius 1 is 1.22 bits per heavy atom. The van der Waals surface area contributed by atoms with Gasteiger partial charge in [0.1, 0.15) is 5.75 Å². The summed E-state index contributed by atoms with van der Waals surface area (Å²) in [7, 11) is 0. The number of carboxylic acid groups (broad SMARTS) is 1. The van der Waals surface area contributed by atoms with Crippen molar-refractivity contribution in [3.8, 4) is 5.75 Å². The standard InChI is InChI=1S/C13H17NO4/c1-9-6-7-10(8-11(9)15)14-12(16)4-2-3-5-13(17)18/h6-8,15H,2-5H2,1H3,(H,14,16)(H,17,18). The van der Waals surface area contributed by atoms with Crippen molar-refractivity contribution in [3.05, 3.63) is 23.8 Å². The van der Waals surface area contributed by atoms with Crippen LogP contribution in [-0.4, -0.2) is 22.1 Å². The summed E-state index contributed by atoms with van der Waals surface area (Å²) in [5.74, 6) is -0.888. The molecule has 0 radical (unpaired) electrons. The van der Waals surface area contributed by atoms with Gasteiger partial charge in [-0.1, -0.05) is 6.07 Å². The molecule has 1 aromatic rings. The Bertz CT molecular complexity index is 443. The van der Waals surface area contributed by atoms with Crippen molar-refractivity contribution in [2.45, 2.75) is 32.6 Å². The predicted octanol–water partition coefficient (Wildman–Crippen LogP) is 2.28. The van der Waals surface area contributed by atoms with E-state index in [1.807, 2.05) is 0 Å². The minimum Gasteiger partial charge on any atom is -0.508 e. The highest BCUT2D eigenvalue weighted by Crippen LogP contribution is 2.20. The van der Waals surface area contributed by atoms with Crippen LogP contribution in [0.1, 0.15) is 31.2 Å². The molecule has 0 bridgehead atoms. The Balaban J connectivity index is 2.35. The molecule has 5 nitrogen and oxygen atoms in total. The molecule has 1 rings (SSSR count). The lowest BCUT2D eigenvalue weighted by atomic mass is 10.1. The number of benzene rings is 1. The smallest absolute Gasteiger partial charge is 0.303 e. The number of rotatable bonds is 6. The number of hydrogen-bond donors (Lipinski definition) is 3. The number of unbranched alkanes of at least 4 members (excludes halogenated alkanes) is 1. The van der Waals surface area contributed by atoms with Crippen LogP contribution in [0.25, 0.3) is 0 Å². The van der Waals surface area contributed by atoms with Gasteiger partial charge in [-0.2, -0.15) is 0 Å². The molecule has 0 aromatic heterocycles. The van der Waals surface area contributed by atoms with Gasteiger partial charge < -0.3 is 15.5 Å². The van der Waals surface area contributed by atoms with E-state index >= 15 is 0 Å². The fourth-order valence-corrected chi connectivity index (χ4v) is 1.47. The number of amides is 1. The predicted molar refractivity (Wildman–Crippen MR) is 67.6 cm³/mol. The number of anilines is 1. The average Bonchev–Trinajstić information content (AvgIpc) is 2.29. The quantitative estimate of drug-likeness (QED) is 0.677. The van der Waals surface area contributed by atoms with Crippen LogP contribution in [0.2, 0.25) is 0 Å². The van der Waals surface area contributed by atoms with Gasteiger partial charge in [-0.25, -0.2) is 0 Å². The molecule has 1 amide bonds. The van der Waals surface area contributed by atoms with E-state index in [1.54, 1.807) is 19.1 Å². The van der Waals surface area contributed by atoms with Gasteiger partial charge in [0, 0.05) is 24.6 Å². The second-order valence-corrected chi connectivity index (χ2v) is 4.15. The van der Waals surface area contributed by atoms with Gasteiger partial charge in [0.25, 0.3) is 0 Å². The van der Waals surface area contributed by atoms with Crippen molar-refractivity contribution in [2.75, 3.05) is 5.32 Å². The van der Waals surface area contributed by atoms with Crippen LogP contribution in [0.4, 0.5) is 5.69 Å². The fraction of sp³-hybridized carbons (Fsp3) is 0.385. The van der Waals surface area contributed by atoms with Crippen molar-refractivity contribution >= 4 is 17.6 Å². The summed E-state index contributed by atoms with van der Waals surface area (Å²) in [4.78, 5) is 21.8. The summed E-state index contributed by atoms with van der Waals surface area (Å²) >= 11 is 0. The maximum atomic E-state index is 11.5. The van der Waals surface area contributed by atoms with E-state index in [2.05, 4.69) is 5.32 Å². The van der Waals surface area contributed by atoms with Crippen molar-refractivity contribution in [1.29, 1.82) is 0 Å². The maximum absolute atomic E-state index is 11.5. The Morgan fingerprint density at radius 2 is 1.89 bits per heavy atom. The second-order valence-electron chi connectivity index (χ2n) is 4.15. The van der Waals surface area contributed by atoms with E-state index in [0.717, 1.165) is 5.56 Å². The Hall–Kier alpha value is -2.04. The van der Waals surface area contributed by atoms with Crippen molar-refractivity contribution in [3.63, 3.8) is 0 Å². The molecular formula is C13H17NO4. The Kier molecular flexibility index (Phi) is 5.17. The molecule has 0 aliphatic carbocycles. The highest BCUT2D eigenvalue weighted by Gasteiger charge is 2.05. The number of aryl methyl sites for hydroxylation is 1. The molecule has 0 unspecified atom stereocenters. The molecule has 0 saturated carbocycles. The third kappa shape index (κ3) is 4.86. The number of hydrogen-bond acceptors (Lipinski definition) is 3. The van der Waals surface area contributed by atoms with Gasteiger partial charge in [-0.15, -0.1) is 0 Å². The highest BCUT2D eigenvalue weighted by molar-refractivity contribution is 5.90. The molecule has 98 valence electrons. The minimum atomic E-state index is -0.848. The number of aromatic hydroxyl groups is 1. The number of phenols is 1. The zero-order valence-corrected chi connectivity index (χ0v) is 10.3. The van der Waals surface area contributed by atoms with Crippen LogP contribution in [0.5, 0.6) is 5.75 Å². The fourth-order valence-electron chi connectivity index (χ4n) is 1.47. The molecule has 0 saturated heterocycles. The molecule has 18 heavy (non-hydrogen) atoms. The van der Waals surface area contributed by atoms with Crippen LogP contribution < -0.4 is 5.32 Å². The largest absolute Gasteiger partial charge is 0.508 e. The topological polar surface area (TPSA) is 86.6 Å². The summed E-state index contributed by atoms with van der Waals surface area (Å²) in [6.07, 6.45) is 1.39. The van der Waals surface area contributed by atoms with Crippen LogP contribution in [0, 0.1) is 6.92 Å². The lowest BCUT2D eigenvalue weighted by Crippen LogP contribution is -2.11. The van der Waals surface area contributed by atoms with E-state index in [-0.39, 0.29) is 24.5 Å². The summed E-state index contributed by atoms with van der Waals surface area (Å²) in [5, 5.41) is 20.6. The molecule has 0 aliphatic heterocycles. The number of nitrogens with one attached hydrogen (secondary N) is 1. The van der Waals surface area contributed by atoms with E-state index in [1.165, 1.54) is 6.07 Å². The van der Waals surface area contributed by atoms with Crippen LogP contribution in [-0.2, 0) is 9.59 Å². The first-order chi connectivity index (χ1) is 8.49. The normalized spacial score (nSPS) is 10.1. The summed E-state index contributed by atoms with van der Waals surface area (Å²) in [6.45, 7) is 1.77. The third-order valence-electron chi connectivity index (χ3n) is 2.54. The minimum absolute atomic E-state index is 0.0819. The van der Waals surface area contributed by atoms with Crippen molar-refractivity contribution in [2.24, 2.45) is 0 Å². The number of carbonyl (C=O) groups is 2. The molecule has 0 heterocycles. The summed E-state index contributed by atoms with van der Waals surface area (Å²) in [5.41, 5.74) is 1.29. The zero-order chi connectivity index (χ0) is 13.5. The van der Waals surface area contributed by atoms with Gasteiger partial charge in [0.15, 0.2) is 0 Å². The molecule has 0 spiro atoms. The first-order valence-corrected chi connectivity index (χ1v) is 5.80. The number of aliphatic carboxylic acids is 1. The zero-order valence-electron chi connectivity index (χ0n) is 10.3. The van der Waals surface area contributed by atoms with Crippen LogP contribution in [0.3, 0.4) is 0 Å². The lowest BCUT2D eigenvalue weighted by Gasteiger charge is -2.06. The molecular weight excluding hydrogens is 234 g/mol. The lowest BCUT2D eigenvalue weighted by molar-refractivity contribution is -0.137. The van der Waals surface area contributed by atoms with E-state index in [4.69, 9.17) is 5.11 Å². The molecule has 0 aliphatic rings. The first-order valence-electron chi connectivity index (χ1n) is 5.80. The number of phenolic OH excluding ortho intramolecular Hbond substituents is 1. The van der Waals surface area contributed by atoms with Gasteiger partial charge in [-0.3, -0.25) is 9.59 Å². The SMILES string of the molecule is Cc1ccc(NC(=O)CCCCC(=O)O)cc1O. The Morgan fingerprint density at radius 3 is 2.50 bits per heavy atom. The monoisotopic (exact) mass is 251 g/mol. The van der Waals surface area contributed by atoms with Crippen molar-refractivity contribution in [1.82, 2.24) is 0 Å². The van der Waals surface area contributed by atoms with Crippen LogP contribution in [0.15, 0.2) is 18.2 Å². The number of carboxylic acids is 1. The van der Waals surface area contributed by atoms with Crippen molar-refractivity contribution < 1.29 is 19.8 Å². The second kappa shape index (κ2) is 6.64. The molecule has 0 atom stereocenters. The number of carbonyl (C=O) groups excluding carboxylic acids is 1. The average molecular weight is 251 g/mol. The summed E-state index contributed by atoms with van der Waals surface area (Å²) in [6, 6.07) is 4.92. The molecule has 3 N–H and O–H groups in total. The van der Waals surface area contributed by atoms with Crippen LogP contribution >= 0.6 is 0 Å². The molecule has 0 fully saturated rings. The van der Waals surface area contributed by atoms with Gasteiger partial charge in [-0.05, 0) is 31.4 Å². The third-order valence-corrected chi connectivity index (χ3v) is 2.54. The summed E-state index contributed by atoms with van der Waals surface area (Å²) < 4.78 is 0. The highest BCUT2D eigenvalue weighted by atomic mass is 16.4. The Labute approximate surface area is 105 Å². The van der Waals surface area contributed by atoms with Gasteiger partial charge >= 0.3 is 5.97 Å². The van der Waals surface area contributed by atoms with Gasteiger partial charge in [0.05, 0.1) is 0 Å². The maximum Gasteiger partial charge on any atom is 0.303 e. The molecule has 5 heteroatoms.